The zero-order valence-corrected chi connectivity index (χ0v) is 13.0. The number of aryl methyl sites for hydroxylation is 1. The Balaban J connectivity index is 1.82. The standard InChI is InChI=1S/C18H19N3O/c1-11-7-6-8-14(12(11)2)18(22)19-13(3)17-20-15-9-4-5-10-16(15)21-17/h4-10,13H,1-3H3,(H,19,22)(H,20,21). The van der Waals surface area contributed by atoms with Gasteiger partial charge in [-0.2, -0.15) is 0 Å². The fraction of sp³-hybridized carbons (Fsp3) is 0.222. The van der Waals surface area contributed by atoms with E-state index in [9.17, 15) is 4.79 Å². The van der Waals surface area contributed by atoms with Crippen molar-refractivity contribution in [2.45, 2.75) is 26.8 Å². The molecule has 0 aliphatic carbocycles. The molecule has 0 aliphatic rings. The quantitative estimate of drug-likeness (QED) is 0.774. The summed E-state index contributed by atoms with van der Waals surface area (Å²) in [6, 6.07) is 13.4. The molecule has 112 valence electrons. The highest BCUT2D eigenvalue weighted by molar-refractivity contribution is 5.96. The molecule has 0 saturated carbocycles. The Morgan fingerprint density at radius 2 is 1.91 bits per heavy atom. The number of rotatable bonds is 3. The molecule has 1 amide bonds. The fourth-order valence-electron chi connectivity index (χ4n) is 2.52. The van der Waals surface area contributed by atoms with E-state index in [4.69, 9.17) is 0 Å². The number of hydrogen-bond donors (Lipinski definition) is 2. The molecule has 3 aromatic rings. The number of carbonyl (C=O) groups excluding carboxylic acids is 1. The molecular weight excluding hydrogens is 274 g/mol. The van der Waals surface area contributed by atoms with Crippen LogP contribution >= 0.6 is 0 Å². The lowest BCUT2D eigenvalue weighted by atomic mass is 10.0. The van der Waals surface area contributed by atoms with Gasteiger partial charge in [0.2, 0.25) is 0 Å². The van der Waals surface area contributed by atoms with Crippen LogP contribution in [0.25, 0.3) is 11.0 Å². The summed E-state index contributed by atoms with van der Waals surface area (Å²) in [6.07, 6.45) is 0. The van der Waals surface area contributed by atoms with Crippen molar-refractivity contribution in [3.8, 4) is 0 Å². The molecule has 1 atom stereocenters. The van der Waals surface area contributed by atoms with E-state index in [0.29, 0.717) is 5.56 Å². The normalized spacial score (nSPS) is 12.3. The predicted molar refractivity (Wildman–Crippen MR) is 87.9 cm³/mol. The van der Waals surface area contributed by atoms with Gasteiger partial charge in [0.25, 0.3) is 5.91 Å². The minimum atomic E-state index is -0.181. The molecule has 0 bridgehead atoms. The molecule has 3 rings (SSSR count). The first-order valence-electron chi connectivity index (χ1n) is 7.38. The van der Waals surface area contributed by atoms with Crippen LogP contribution in [0.4, 0.5) is 0 Å². The zero-order chi connectivity index (χ0) is 15.7. The molecule has 4 heteroatoms. The first-order chi connectivity index (χ1) is 10.6. The minimum absolute atomic E-state index is 0.0749. The van der Waals surface area contributed by atoms with E-state index in [1.54, 1.807) is 0 Å². The van der Waals surface area contributed by atoms with Gasteiger partial charge in [-0.15, -0.1) is 0 Å². The number of nitrogens with zero attached hydrogens (tertiary/aromatic N) is 1. The highest BCUT2D eigenvalue weighted by Gasteiger charge is 2.16. The third-order valence-corrected chi connectivity index (χ3v) is 4.01. The van der Waals surface area contributed by atoms with Crippen molar-refractivity contribution in [1.29, 1.82) is 0 Å². The van der Waals surface area contributed by atoms with Crippen molar-refractivity contribution >= 4 is 16.9 Å². The Bertz CT molecular complexity index is 802. The predicted octanol–water partition coefficient (Wildman–Crippen LogP) is 3.67. The van der Waals surface area contributed by atoms with Gasteiger partial charge in [0, 0.05) is 5.56 Å². The monoisotopic (exact) mass is 293 g/mol. The number of hydrogen-bond acceptors (Lipinski definition) is 2. The van der Waals surface area contributed by atoms with Gasteiger partial charge >= 0.3 is 0 Å². The topological polar surface area (TPSA) is 57.8 Å². The smallest absolute Gasteiger partial charge is 0.252 e. The van der Waals surface area contributed by atoms with Gasteiger partial charge in [-0.1, -0.05) is 24.3 Å². The van der Waals surface area contributed by atoms with Crippen LogP contribution in [0, 0.1) is 13.8 Å². The van der Waals surface area contributed by atoms with Gasteiger partial charge in [-0.05, 0) is 50.1 Å². The summed E-state index contributed by atoms with van der Waals surface area (Å²) in [5.41, 5.74) is 4.72. The third kappa shape index (κ3) is 2.60. The number of para-hydroxylation sites is 2. The lowest BCUT2D eigenvalue weighted by Crippen LogP contribution is -2.28. The average Bonchev–Trinajstić information content (AvgIpc) is 2.94. The maximum absolute atomic E-state index is 12.5. The minimum Gasteiger partial charge on any atom is -0.342 e. The largest absolute Gasteiger partial charge is 0.342 e. The Morgan fingerprint density at radius 3 is 2.68 bits per heavy atom. The van der Waals surface area contributed by atoms with E-state index in [1.807, 2.05) is 63.2 Å². The average molecular weight is 293 g/mol. The van der Waals surface area contributed by atoms with Crippen LogP contribution in [-0.2, 0) is 0 Å². The van der Waals surface area contributed by atoms with Gasteiger partial charge in [0.15, 0.2) is 0 Å². The summed E-state index contributed by atoms with van der Waals surface area (Å²) < 4.78 is 0. The molecule has 0 saturated heterocycles. The van der Waals surface area contributed by atoms with Crippen molar-refractivity contribution in [2.24, 2.45) is 0 Å². The summed E-state index contributed by atoms with van der Waals surface area (Å²) in [6.45, 7) is 5.91. The molecule has 0 radical (unpaired) electrons. The summed E-state index contributed by atoms with van der Waals surface area (Å²) in [7, 11) is 0. The maximum Gasteiger partial charge on any atom is 0.252 e. The van der Waals surface area contributed by atoms with Crippen LogP contribution in [0.1, 0.15) is 40.3 Å². The summed E-state index contributed by atoms with van der Waals surface area (Å²) in [5, 5.41) is 3.01. The molecule has 1 aromatic heterocycles. The molecule has 2 N–H and O–H groups in total. The summed E-state index contributed by atoms with van der Waals surface area (Å²) in [5.74, 6) is 0.689. The van der Waals surface area contributed by atoms with Crippen molar-refractivity contribution in [1.82, 2.24) is 15.3 Å². The van der Waals surface area contributed by atoms with Crippen molar-refractivity contribution in [3.05, 3.63) is 65.0 Å². The van der Waals surface area contributed by atoms with Gasteiger partial charge in [-0.3, -0.25) is 4.79 Å². The van der Waals surface area contributed by atoms with Crippen molar-refractivity contribution in [3.63, 3.8) is 0 Å². The van der Waals surface area contributed by atoms with E-state index in [-0.39, 0.29) is 11.9 Å². The van der Waals surface area contributed by atoms with Gasteiger partial charge in [-0.25, -0.2) is 4.98 Å². The highest BCUT2D eigenvalue weighted by Crippen LogP contribution is 2.17. The molecule has 1 heterocycles. The van der Waals surface area contributed by atoms with E-state index in [2.05, 4.69) is 15.3 Å². The van der Waals surface area contributed by atoms with Crippen molar-refractivity contribution < 1.29 is 4.79 Å². The third-order valence-electron chi connectivity index (χ3n) is 4.01. The zero-order valence-electron chi connectivity index (χ0n) is 13.0. The van der Waals surface area contributed by atoms with Gasteiger partial charge < -0.3 is 10.3 Å². The molecule has 2 aromatic carbocycles. The van der Waals surface area contributed by atoms with Crippen LogP contribution in [0.3, 0.4) is 0 Å². The number of imidazole rings is 1. The number of aromatic amines is 1. The number of benzene rings is 2. The Morgan fingerprint density at radius 1 is 1.14 bits per heavy atom. The van der Waals surface area contributed by atoms with E-state index in [1.165, 1.54) is 0 Å². The van der Waals surface area contributed by atoms with Gasteiger partial charge in [0.05, 0.1) is 17.1 Å². The molecule has 0 fully saturated rings. The molecule has 1 unspecified atom stereocenters. The molecular formula is C18H19N3O. The lowest BCUT2D eigenvalue weighted by Gasteiger charge is -2.13. The van der Waals surface area contributed by atoms with Crippen LogP contribution < -0.4 is 5.32 Å². The van der Waals surface area contributed by atoms with E-state index in [0.717, 1.165) is 28.0 Å². The number of H-pyrrole nitrogens is 1. The second-order valence-electron chi connectivity index (χ2n) is 5.58. The van der Waals surface area contributed by atoms with Crippen LogP contribution in [-0.4, -0.2) is 15.9 Å². The van der Waals surface area contributed by atoms with Gasteiger partial charge in [0.1, 0.15) is 5.82 Å². The second kappa shape index (κ2) is 5.64. The van der Waals surface area contributed by atoms with Crippen LogP contribution in [0.15, 0.2) is 42.5 Å². The molecule has 22 heavy (non-hydrogen) atoms. The maximum atomic E-state index is 12.5. The van der Waals surface area contributed by atoms with Crippen LogP contribution in [0.2, 0.25) is 0 Å². The number of fused-ring (bicyclic) bond motifs is 1. The molecule has 0 spiro atoms. The fourth-order valence-corrected chi connectivity index (χ4v) is 2.52. The van der Waals surface area contributed by atoms with Crippen LogP contribution in [0.5, 0.6) is 0 Å². The first-order valence-corrected chi connectivity index (χ1v) is 7.38. The summed E-state index contributed by atoms with van der Waals surface area (Å²) >= 11 is 0. The van der Waals surface area contributed by atoms with E-state index < -0.39 is 0 Å². The SMILES string of the molecule is Cc1cccc(C(=O)NC(C)c2nc3ccccc3[nH]2)c1C. The highest BCUT2D eigenvalue weighted by atomic mass is 16.1. The van der Waals surface area contributed by atoms with Crippen molar-refractivity contribution in [2.75, 3.05) is 0 Å². The molecule has 0 aliphatic heterocycles. The van der Waals surface area contributed by atoms with E-state index >= 15 is 0 Å². The molecule has 4 nitrogen and oxygen atoms in total. The first kappa shape index (κ1) is 14.3. The Kier molecular flexibility index (Phi) is 3.67. The number of aromatic nitrogens is 2. The lowest BCUT2D eigenvalue weighted by molar-refractivity contribution is 0.0937. The summed E-state index contributed by atoms with van der Waals surface area (Å²) in [4.78, 5) is 20.2. The number of nitrogens with one attached hydrogen (secondary N) is 2. The Labute approximate surface area is 129 Å². The Hall–Kier alpha value is -2.62. The second-order valence-corrected chi connectivity index (χ2v) is 5.58. The number of carbonyl (C=O) groups is 1. The number of amides is 1.